The van der Waals surface area contributed by atoms with Gasteiger partial charge in [0.2, 0.25) is 0 Å². The number of rotatable bonds is 4. The molecule has 0 spiro atoms. The summed E-state index contributed by atoms with van der Waals surface area (Å²) in [6.07, 6.45) is 3.43. The van der Waals surface area contributed by atoms with Crippen molar-refractivity contribution >= 4 is 5.97 Å². The Kier molecular flexibility index (Phi) is 4.22. The molecule has 76 valence electrons. The van der Waals surface area contributed by atoms with Crippen LogP contribution in [-0.2, 0) is 9.53 Å². The maximum Gasteiger partial charge on any atom is 0.308 e. The van der Waals surface area contributed by atoms with Crippen molar-refractivity contribution in [3.05, 3.63) is 0 Å². The molecule has 0 saturated carbocycles. The third kappa shape index (κ3) is 3.77. The standard InChI is InChI=1S/C10H19NO2/c1-8(2)10(12)13-7-5-9-4-3-6-11-9/h8-9,11H,3-7H2,1-2H3. The van der Waals surface area contributed by atoms with Gasteiger partial charge in [-0.1, -0.05) is 13.8 Å². The quantitative estimate of drug-likeness (QED) is 0.671. The van der Waals surface area contributed by atoms with E-state index in [1.165, 1.54) is 12.8 Å². The Morgan fingerprint density at radius 2 is 2.38 bits per heavy atom. The van der Waals surface area contributed by atoms with Crippen LogP contribution in [0, 0.1) is 5.92 Å². The van der Waals surface area contributed by atoms with Gasteiger partial charge in [0.15, 0.2) is 0 Å². The van der Waals surface area contributed by atoms with E-state index in [1.807, 2.05) is 13.8 Å². The smallest absolute Gasteiger partial charge is 0.308 e. The minimum atomic E-state index is -0.0852. The highest BCUT2D eigenvalue weighted by molar-refractivity contribution is 5.71. The van der Waals surface area contributed by atoms with E-state index in [9.17, 15) is 4.79 Å². The number of nitrogens with one attached hydrogen (secondary N) is 1. The second-order valence-corrected chi connectivity index (χ2v) is 3.90. The molecule has 1 rings (SSSR count). The minimum Gasteiger partial charge on any atom is -0.465 e. The van der Waals surface area contributed by atoms with Crippen LogP contribution in [0.1, 0.15) is 33.1 Å². The van der Waals surface area contributed by atoms with Crippen molar-refractivity contribution in [3.63, 3.8) is 0 Å². The van der Waals surface area contributed by atoms with Gasteiger partial charge in [-0.3, -0.25) is 4.79 Å². The van der Waals surface area contributed by atoms with Crippen LogP contribution in [0.15, 0.2) is 0 Å². The first-order valence-corrected chi connectivity index (χ1v) is 5.10. The van der Waals surface area contributed by atoms with Crippen molar-refractivity contribution in [1.82, 2.24) is 5.32 Å². The van der Waals surface area contributed by atoms with Gasteiger partial charge in [0, 0.05) is 6.04 Å². The first-order valence-electron chi connectivity index (χ1n) is 5.10. The topological polar surface area (TPSA) is 38.3 Å². The summed E-state index contributed by atoms with van der Waals surface area (Å²) >= 11 is 0. The van der Waals surface area contributed by atoms with Gasteiger partial charge in [0.25, 0.3) is 0 Å². The predicted molar refractivity (Wildman–Crippen MR) is 51.4 cm³/mol. The summed E-state index contributed by atoms with van der Waals surface area (Å²) in [6, 6.07) is 0.569. The molecule has 1 aliphatic rings. The molecular formula is C10H19NO2. The van der Waals surface area contributed by atoms with Gasteiger partial charge in [0.1, 0.15) is 0 Å². The fraction of sp³-hybridized carbons (Fsp3) is 0.900. The van der Waals surface area contributed by atoms with Crippen molar-refractivity contribution in [1.29, 1.82) is 0 Å². The first-order chi connectivity index (χ1) is 6.20. The second kappa shape index (κ2) is 5.22. The van der Waals surface area contributed by atoms with E-state index >= 15 is 0 Å². The minimum absolute atomic E-state index is 0.00321. The molecular weight excluding hydrogens is 166 g/mol. The number of esters is 1. The monoisotopic (exact) mass is 185 g/mol. The lowest BCUT2D eigenvalue weighted by Crippen LogP contribution is -2.24. The highest BCUT2D eigenvalue weighted by atomic mass is 16.5. The Balaban J connectivity index is 2.03. The van der Waals surface area contributed by atoms with Crippen LogP contribution in [0.2, 0.25) is 0 Å². The van der Waals surface area contributed by atoms with Crippen LogP contribution in [0.5, 0.6) is 0 Å². The van der Waals surface area contributed by atoms with E-state index in [0.29, 0.717) is 12.6 Å². The molecule has 3 nitrogen and oxygen atoms in total. The molecule has 13 heavy (non-hydrogen) atoms. The second-order valence-electron chi connectivity index (χ2n) is 3.90. The number of hydrogen-bond donors (Lipinski definition) is 1. The maximum absolute atomic E-state index is 11.1. The van der Waals surface area contributed by atoms with E-state index in [-0.39, 0.29) is 11.9 Å². The Labute approximate surface area is 79.8 Å². The number of ether oxygens (including phenoxy) is 1. The lowest BCUT2D eigenvalue weighted by Gasteiger charge is -2.11. The zero-order valence-electron chi connectivity index (χ0n) is 8.51. The molecule has 1 saturated heterocycles. The molecule has 0 aromatic carbocycles. The van der Waals surface area contributed by atoms with Gasteiger partial charge in [-0.2, -0.15) is 0 Å². The largest absolute Gasteiger partial charge is 0.465 e. The lowest BCUT2D eigenvalue weighted by molar-refractivity contribution is -0.147. The number of hydrogen-bond acceptors (Lipinski definition) is 3. The lowest BCUT2D eigenvalue weighted by atomic mass is 10.2. The summed E-state index contributed by atoms with van der Waals surface area (Å²) in [7, 11) is 0. The Bertz CT molecular complexity index is 162. The van der Waals surface area contributed by atoms with Crippen LogP contribution < -0.4 is 5.32 Å². The molecule has 0 aromatic heterocycles. The molecule has 0 bridgehead atoms. The summed E-state index contributed by atoms with van der Waals surface area (Å²) in [5.41, 5.74) is 0. The van der Waals surface area contributed by atoms with E-state index in [4.69, 9.17) is 4.74 Å². The molecule has 0 radical (unpaired) electrons. The van der Waals surface area contributed by atoms with Crippen molar-refractivity contribution in [2.45, 2.75) is 39.2 Å². The average molecular weight is 185 g/mol. The van der Waals surface area contributed by atoms with Crippen molar-refractivity contribution in [3.8, 4) is 0 Å². The van der Waals surface area contributed by atoms with Crippen LogP contribution in [-0.4, -0.2) is 25.2 Å². The fourth-order valence-corrected chi connectivity index (χ4v) is 1.47. The number of carbonyl (C=O) groups excluding carboxylic acids is 1. The Morgan fingerprint density at radius 3 is 2.92 bits per heavy atom. The van der Waals surface area contributed by atoms with Crippen LogP contribution in [0.3, 0.4) is 0 Å². The van der Waals surface area contributed by atoms with E-state index in [1.54, 1.807) is 0 Å². The van der Waals surface area contributed by atoms with Gasteiger partial charge < -0.3 is 10.1 Å². The summed E-state index contributed by atoms with van der Waals surface area (Å²) in [6.45, 7) is 5.39. The van der Waals surface area contributed by atoms with Crippen molar-refractivity contribution in [2.75, 3.05) is 13.2 Å². The van der Waals surface area contributed by atoms with E-state index in [2.05, 4.69) is 5.32 Å². The molecule has 0 amide bonds. The predicted octanol–water partition coefficient (Wildman–Crippen LogP) is 1.33. The van der Waals surface area contributed by atoms with Crippen LogP contribution in [0.4, 0.5) is 0 Å². The average Bonchev–Trinajstić information content (AvgIpc) is 2.56. The van der Waals surface area contributed by atoms with Crippen LogP contribution >= 0.6 is 0 Å². The molecule has 1 unspecified atom stereocenters. The maximum atomic E-state index is 11.1. The molecule has 3 heteroatoms. The van der Waals surface area contributed by atoms with Crippen molar-refractivity contribution in [2.24, 2.45) is 5.92 Å². The first kappa shape index (κ1) is 10.5. The van der Waals surface area contributed by atoms with Crippen LogP contribution in [0.25, 0.3) is 0 Å². The summed E-state index contributed by atoms with van der Waals surface area (Å²) in [4.78, 5) is 11.1. The van der Waals surface area contributed by atoms with Gasteiger partial charge in [-0.25, -0.2) is 0 Å². The third-order valence-electron chi connectivity index (χ3n) is 2.34. The Morgan fingerprint density at radius 1 is 1.62 bits per heavy atom. The summed E-state index contributed by atoms with van der Waals surface area (Å²) in [5, 5.41) is 3.37. The molecule has 1 atom stereocenters. The molecule has 1 fully saturated rings. The Hall–Kier alpha value is -0.570. The van der Waals surface area contributed by atoms with Crippen molar-refractivity contribution < 1.29 is 9.53 Å². The third-order valence-corrected chi connectivity index (χ3v) is 2.34. The zero-order chi connectivity index (χ0) is 9.68. The van der Waals surface area contributed by atoms with Gasteiger partial charge in [0.05, 0.1) is 12.5 Å². The molecule has 1 N–H and O–H groups in total. The normalized spacial score (nSPS) is 22.2. The highest BCUT2D eigenvalue weighted by Gasteiger charge is 2.14. The van der Waals surface area contributed by atoms with E-state index in [0.717, 1.165) is 13.0 Å². The highest BCUT2D eigenvalue weighted by Crippen LogP contribution is 2.08. The molecule has 0 aliphatic carbocycles. The summed E-state index contributed by atoms with van der Waals surface area (Å²) in [5.74, 6) is -0.0884. The summed E-state index contributed by atoms with van der Waals surface area (Å²) < 4.78 is 5.09. The molecule has 1 heterocycles. The fourth-order valence-electron chi connectivity index (χ4n) is 1.47. The zero-order valence-corrected chi connectivity index (χ0v) is 8.51. The number of carbonyl (C=O) groups is 1. The van der Waals surface area contributed by atoms with Gasteiger partial charge in [-0.05, 0) is 25.8 Å². The van der Waals surface area contributed by atoms with Gasteiger partial charge >= 0.3 is 5.97 Å². The van der Waals surface area contributed by atoms with E-state index < -0.39 is 0 Å². The van der Waals surface area contributed by atoms with Gasteiger partial charge in [-0.15, -0.1) is 0 Å². The SMILES string of the molecule is CC(C)C(=O)OCCC1CCCN1. The molecule has 0 aromatic rings. The molecule has 1 aliphatic heterocycles.